The van der Waals surface area contributed by atoms with E-state index in [1.807, 2.05) is 10.6 Å². The number of nitrogens with one attached hydrogen (secondary N) is 2. The summed E-state index contributed by atoms with van der Waals surface area (Å²) in [7, 11) is 0. The van der Waals surface area contributed by atoms with Crippen LogP contribution in [-0.4, -0.2) is 17.8 Å². The zero-order valence-electron chi connectivity index (χ0n) is 9.64. The van der Waals surface area contributed by atoms with Crippen molar-refractivity contribution in [2.24, 2.45) is 0 Å². The average Bonchev–Trinajstić information content (AvgIpc) is 2.34. The van der Waals surface area contributed by atoms with Gasteiger partial charge in [-0.25, -0.2) is 4.79 Å². The van der Waals surface area contributed by atoms with E-state index in [2.05, 4.69) is 0 Å². The second-order valence-electron chi connectivity index (χ2n) is 3.73. The summed E-state index contributed by atoms with van der Waals surface area (Å²) in [5.74, 6) is -1.43. The standard InChI is InChI=1S/C13H9ClN2O3/c14-9-6-4-8(5-7-9)2-1-3-10-11(17)15-13(19)16-12(10)18/h1-7H,(H2,15,16,17,18,19). The van der Waals surface area contributed by atoms with Crippen molar-refractivity contribution < 1.29 is 14.4 Å². The van der Waals surface area contributed by atoms with Crippen molar-refractivity contribution in [1.29, 1.82) is 0 Å². The Bertz CT molecular complexity index is 581. The molecule has 1 aliphatic heterocycles. The first kappa shape index (κ1) is 13.0. The molecule has 0 unspecified atom stereocenters. The smallest absolute Gasteiger partial charge is 0.273 e. The molecule has 0 radical (unpaired) electrons. The molecular weight excluding hydrogens is 268 g/mol. The SMILES string of the molecule is O=C1NC(=O)C(=CC=Cc2ccc(Cl)cc2)C(=O)N1. The van der Waals surface area contributed by atoms with Crippen LogP contribution in [0.25, 0.3) is 6.08 Å². The fourth-order valence-corrected chi connectivity index (χ4v) is 1.58. The molecule has 2 N–H and O–H groups in total. The molecule has 1 saturated heterocycles. The Labute approximate surface area is 113 Å². The second-order valence-corrected chi connectivity index (χ2v) is 4.16. The van der Waals surface area contributed by atoms with Crippen molar-refractivity contribution in [3.63, 3.8) is 0 Å². The number of urea groups is 1. The van der Waals surface area contributed by atoms with Gasteiger partial charge in [0.1, 0.15) is 5.57 Å². The molecule has 0 atom stereocenters. The van der Waals surface area contributed by atoms with Gasteiger partial charge in [0.25, 0.3) is 11.8 Å². The van der Waals surface area contributed by atoms with Crippen LogP contribution in [-0.2, 0) is 9.59 Å². The van der Waals surface area contributed by atoms with Gasteiger partial charge in [0, 0.05) is 5.02 Å². The molecule has 1 aromatic rings. The highest BCUT2D eigenvalue weighted by atomic mass is 35.5. The summed E-state index contributed by atoms with van der Waals surface area (Å²) in [6.45, 7) is 0. The summed E-state index contributed by atoms with van der Waals surface area (Å²) >= 11 is 5.75. The minimum absolute atomic E-state index is 0.121. The largest absolute Gasteiger partial charge is 0.328 e. The first-order valence-electron chi connectivity index (χ1n) is 5.37. The molecular formula is C13H9ClN2O3. The maximum absolute atomic E-state index is 11.4. The van der Waals surface area contributed by atoms with E-state index in [-0.39, 0.29) is 5.57 Å². The van der Waals surface area contributed by atoms with E-state index < -0.39 is 17.8 Å². The highest BCUT2D eigenvalue weighted by Gasteiger charge is 2.26. The van der Waals surface area contributed by atoms with Gasteiger partial charge in [-0.15, -0.1) is 0 Å². The van der Waals surface area contributed by atoms with Crippen LogP contribution in [0.4, 0.5) is 4.79 Å². The fraction of sp³-hybridized carbons (Fsp3) is 0. The lowest BCUT2D eigenvalue weighted by molar-refractivity contribution is -0.124. The maximum Gasteiger partial charge on any atom is 0.328 e. The molecule has 0 saturated carbocycles. The monoisotopic (exact) mass is 276 g/mol. The molecule has 5 nitrogen and oxygen atoms in total. The highest BCUT2D eigenvalue weighted by Crippen LogP contribution is 2.11. The molecule has 1 aliphatic rings. The van der Waals surface area contributed by atoms with E-state index in [9.17, 15) is 14.4 Å². The average molecular weight is 277 g/mol. The minimum Gasteiger partial charge on any atom is -0.273 e. The molecule has 6 heteroatoms. The van der Waals surface area contributed by atoms with E-state index in [4.69, 9.17) is 11.6 Å². The van der Waals surface area contributed by atoms with E-state index >= 15 is 0 Å². The van der Waals surface area contributed by atoms with Crippen molar-refractivity contribution in [2.45, 2.75) is 0 Å². The number of barbiturate groups is 1. The Morgan fingerprint density at radius 3 is 2.11 bits per heavy atom. The van der Waals surface area contributed by atoms with Crippen molar-refractivity contribution >= 4 is 35.5 Å². The van der Waals surface area contributed by atoms with E-state index in [0.29, 0.717) is 5.02 Å². The van der Waals surface area contributed by atoms with Gasteiger partial charge in [0.05, 0.1) is 0 Å². The van der Waals surface area contributed by atoms with Crippen LogP contribution < -0.4 is 10.6 Å². The summed E-state index contributed by atoms with van der Waals surface area (Å²) < 4.78 is 0. The van der Waals surface area contributed by atoms with E-state index in [0.717, 1.165) is 5.56 Å². The Morgan fingerprint density at radius 2 is 1.53 bits per heavy atom. The summed E-state index contributed by atoms with van der Waals surface area (Å²) in [6.07, 6.45) is 4.60. The molecule has 1 aromatic carbocycles. The first-order chi connectivity index (χ1) is 9.06. The predicted molar refractivity (Wildman–Crippen MR) is 70.3 cm³/mol. The second kappa shape index (κ2) is 5.49. The number of imide groups is 2. The summed E-state index contributed by atoms with van der Waals surface area (Å²) in [6, 6.07) is 6.23. The van der Waals surface area contributed by atoms with Crippen LogP contribution in [0.15, 0.2) is 42.0 Å². The number of carbonyl (C=O) groups is 3. The van der Waals surface area contributed by atoms with Crippen LogP contribution in [0.3, 0.4) is 0 Å². The Balaban J connectivity index is 2.13. The molecule has 2 rings (SSSR count). The van der Waals surface area contributed by atoms with Crippen LogP contribution in [0, 0.1) is 0 Å². The van der Waals surface area contributed by atoms with Crippen molar-refractivity contribution in [1.82, 2.24) is 10.6 Å². The van der Waals surface area contributed by atoms with Gasteiger partial charge in [0.15, 0.2) is 0 Å². The van der Waals surface area contributed by atoms with Crippen molar-refractivity contribution in [2.75, 3.05) is 0 Å². The molecule has 0 bridgehead atoms. The third kappa shape index (κ3) is 3.29. The third-order valence-electron chi connectivity index (χ3n) is 2.36. The summed E-state index contributed by atoms with van der Waals surface area (Å²) in [4.78, 5) is 33.6. The predicted octanol–water partition coefficient (Wildman–Crippen LogP) is 1.65. The van der Waals surface area contributed by atoms with Crippen molar-refractivity contribution in [3.8, 4) is 0 Å². The summed E-state index contributed by atoms with van der Waals surface area (Å²) in [5.41, 5.74) is 0.749. The maximum atomic E-state index is 11.4. The molecule has 0 spiro atoms. The number of allylic oxidation sites excluding steroid dienone is 2. The van der Waals surface area contributed by atoms with Gasteiger partial charge in [-0.3, -0.25) is 20.2 Å². The van der Waals surface area contributed by atoms with Crippen LogP contribution in [0.2, 0.25) is 5.02 Å². The number of halogens is 1. The molecule has 1 heterocycles. The number of carbonyl (C=O) groups excluding carboxylic acids is 3. The molecule has 4 amide bonds. The number of amides is 4. The Kier molecular flexibility index (Phi) is 3.77. The highest BCUT2D eigenvalue weighted by molar-refractivity contribution is 6.30. The quantitative estimate of drug-likeness (QED) is 0.637. The van der Waals surface area contributed by atoms with Gasteiger partial charge in [0.2, 0.25) is 0 Å². The molecule has 19 heavy (non-hydrogen) atoms. The van der Waals surface area contributed by atoms with E-state index in [1.165, 1.54) is 6.08 Å². The lowest BCUT2D eigenvalue weighted by Crippen LogP contribution is -2.51. The number of hydrogen-bond acceptors (Lipinski definition) is 3. The van der Waals surface area contributed by atoms with Gasteiger partial charge in [-0.2, -0.15) is 0 Å². The normalized spacial score (nSPS) is 15.4. The molecule has 0 aromatic heterocycles. The van der Waals surface area contributed by atoms with Gasteiger partial charge in [-0.1, -0.05) is 35.9 Å². The van der Waals surface area contributed by atoms with Crippen LogP contribution in [0.5, 0.6) is 0 Å². The van der Waals surface area contributed by atoms with Gasteiger partial charge < -0.3 is 0 Å². The van der Waals surface area contributed by atoms with E-state index in [1.54, 1.807) is 36.4 Å². The van der Waals surface area contributed by atoms with Crippen molar-refractivity contribution in [3.05, 3.63) is 52.6 Å². The number of benzene rings is 1. The molecule has 96 valence electrons. The topological polar surface area (TPSA) is 75.3 Å². The first-order valence-corrected chi connectivity index (χ1v) is 5.74. The zero-order chi connectivity index (χ0) is 13.8. The summed E-state index contributed by atoms with van der Waals surface area (Å²) in [5, 5.41) is 4.60. The number of rotatable bonds is 2. The lowest BCUT2D eigenvalue weighted by Gasteiger charge is -2.12. The molecule has 0 aliphatic carbocycles. The number of hydrogen-bond donors (Lipinski definition) is 2. The third-order valence-corrected chi connectivity index (χ3v) is 2.62. The molecule has 1 fully saturated rings. The van der Waals surface area contributed by atoms with Crippen LogP contribution >= 0.6 is 11.6 Å². The van der Waals surface area contributed by atoms with Crippen LogP contribution in [0.1, 0.15) is 5.56 Å². The zero-order valence-corrected chi connectivity index (χ0v) is 10.4. The Morgan fingerprint density at radius 1 is 0.947 bits per heavy atom. The Hall–Kier alpha value is -2.40. The minimum atomic E-state index is -0.811. The fourth-order valence-electron chi connectivity index (χ4n) is 1.46. The van der Waals surface area contributed by atoms with Gasteiger partial charge in [-0.05, 0) is 23.8 Å². The van der Waals surface area contributed by atoms with Gasteiger partial charge >= 0.3 is 6.03 Å². The lowest BCUT2D eigenvalue weighted by atomic mass is 10.1.